The summed E-state index contributed by atoms with van der Waals surface area (Å²) in [6.07, 6.45) is 9.37. The number of nitrogens with one attached hydrogen (secondary N) is 1. The Bertz CT molecular complexity index is 748. The maximum atomic E-state index is 5.74. The van der Waals surface area contributed by atoms with E-state index in [9.17, 15) is 0 Å². The lowest BCUT2D eigenvalue weighted by molar-refractivity contribution is 0.271. The second kappa shape index (κ2) is 7.39. The summed E-state index contributed by atoms with van der Waals surface area (Å²) in [5.74, 6) is 0.551. The van der Waals surface area contributed by atoms with Crippen molar-refractivity contribution in [1.29, 1.82) is 0 Å². The van der Waals surface area contributed by atoms with E-state index in [1.54, 1.807) is 0 Å². The van der Waals surface area contributed by atoms with Gasteiger partial charge in [0.15, 0.2) is 5.11 Å². The SMILES string of the molecule is CC(C)CN1C(=S)NC(c2ccccn2)C1c1cccn1C1CCCC1. The Morgan fingerprint density at radius 3 is 2.69 bits per heavy atom. The minimum absolute atomic E-state index is 0.0949. The van der Waals surface area contributed by atoms with Gasteiger partial charge in [-0.15, -0.1) is 0 Å². The first kappa shape index (κ1) is 17.5. The number of nitrogens with zero attached hydrogens (tertiary/aromatic N) is 3. The molecule has 2 aromatic heterocycles. The van der Waals surface area contributed by atoms with E-state index in [0.29, 0.717) is 12.0 Å². The average Bonchev–Trinajstić information content (AvgIpc) is 3.35. The zero-order chi connectivity index (χ0) is 18.1. The lowest BCUT2D eigenvalue weighted by atomic mass is 10.00. The van der Waals surface area contributed by atoms with Crippen molar-refractivity contribution in [2.75, 3.05) is 6.54 Å². The van der Waals surface area contributed by atoms with Crippen molar-refractivity contribution in [1.82, 2.24) is 19.8 Å². The van der Waals surface area contributed by atoms with Crippen LogP contribution in [0.25, 0.3) is 0 Å². The predicted octanol–water partition coefficient (Wildman–Crippen LogP) is 4.63. The molecule has 5 heteroatoms. The molecule has 2 aliphatic rings. The second-order valence-corrected chi connectivity index (χ2v) is 8.34. The van der Waals surface area contributed by atoms with Gasteiger partial charge in [-0.05, 0) is 55.2 Å². The molecule has 2 unspecified atom stereocenters. The van der Waals surface area contributed by atoms with Crippen LogP contribution in [0, 0.1) is 5.92 Å². The second-order valence-electron chi connectivity index (χ2n) is 7.95. The Balaban J connectivity index is 1.75. The molecule has 138 valence electrons. The summed E-state index contributed by atoms with van der Waals surface area (Å²) in [7, 11) is 0. The van der Waals surface area contributed by atoms with E-state index in [1.165, 1.54) is 31.4 Å². The summed E-state index contributed by atoms with van der Waals surface area (Å²) in [6.45, 7) is 5.46. The molecule has 1 N–H and O–H groups in total. The molecule has 1 saturated carbocycles. The van der Waals surface area contributed by atoms with Crippen LogP contribution >= 0.6 is 12.2 Å². The van der Waals surface area contributed by atoms with Gasteiger partial charge in [0.25, 0.3) is 0 Å². The third kappa shape index (κ3) is 3.25. The normalized spacial score (nSPS) is 23.8. The van der Waals surface area contributed by atoms with Gasteiger partial charge in [0.1, 0.15) is 0 Å². The standard InChI is InChI=1S/C21H28N4S/c1-15(2)14-25-20(18-11-7-13-24(18)16-8-3-4-9-16)19(23-21(25)26)17-10-5-6-12-22-17/h5-7,10-13,15-16,19-20H,3-4,8-9,14H2,1-2H3,(H,23,26). The largest absolute Gasteiger partial charge is 0.352 e. The van der Waals surface area contributed by atoms with Crippen molar-refractivity contribution in [3.8, 4) is 0 Å². The van der Waals surface area contributed by atoms with Crippen molar-refractivity contribution >= 4 is 17.3 Å². The Labute approximate surface area is 161 Å². The van der Waals surface area contributed by atoms with Gasteiger partial charge in [-0.2, -0.15) is 0 Å². The number of hydrogen-bond acceptors (Lipinski definition) is 2. The van der Waals surface area contributed by atoms with Crippen LogP contribution in [0.2, 0.25) is 0 Å². The van der Waals surface area contributed by atoms with E-state index in [1.807, 2.05) is 12.3 Å². The third-order valence-electron chi connectivity index (χ3n) is 5.59. The minimum atomic E-state index is 0.0949. The number of pyridine rings is 1. The highest BCUT2D eigenvalue weighted by molar-refractivity contribution is 7.80. The Kier molecular flexibility index (Phi) is 4.98. The summed E-state index contributed by atoms with van der Waals surface area (Å²) in [5, 5.41) is 4.41. The van der Waals surface area contributed by atoms with Gasteiger partial charge in [-0.25, -0.2) is 0 Å². The van der Waals surface area contributed by atoms with Crippen LogP contribution in [-0.4, -0.2) is 26.1 Å². The van der Waals surface area contributed by atoms with Crippen LogP contribution in [0.1, 0.15) is 69.0 Å². The van der Waals surface area contributed by atoms with Gasteiger partial charge in [-0.3, -0.25) is 4.98 Å². The molecule has 2 atom stereocenters. The molecule has 3 heterocycles. The van der Waals surface area contributed by atoms with E-state index < -0.39 is 0 Å². The molecule has 0 aromatic carbocycles. The number of aromatic nitrogens is 2. The molecular weight excluding hydrogens is 340 g/mol. The van der Waals surface area contributed by atoms with Crippen LogP contribution < -0.4 is 5.32 Å². The summed E-state index contributed by atoms with van der Waals surface area (Å²) in [6, 6.07) is 11.5. The molecule has 4 rings (SSSR count). The molecule has 0 radical (unpaired) electrons. The van der Waals surface area contributed by atoms with Gasteiger partial charge >= 0.3 is 0 Å². The smallest absolute Gasteiger partial charge is 0.170 e. The zero-order valence-corrected chi connectivity index (χ0v) is 16.5. The van der Waals surface area contributed by atoms with Crippen molar-refractivity contribution in [3.05, 3.63) is 54.1 Å². The molecule has 2 fully saturated rings. The monoisotopic (exact) mass is 368 g/mol. The topological polar surface area (TPSA) is 33.1 Å². The molecule has 1 saturated heterocycles. The van der Waals surface area contributed by atoms with E-state index in [4.69, 9.17) is 12.2 Å². The zero-order valence-electron chi connectivity index (χ0n) is 15.6. The summed E-state index contributed by atoms with van der Waals surface area (Å²) in [5.41, 5.74) is 2.42. The lowest BCUT2D eigenvalue weighted by Crippen LogP contribution is -2.33. The van der Waals surface area contributed by atoms with Crippen LogP contribution in [0.3, 0.4) is 0 Å². The van der Waals surface area contributed by atoms with E-state index >= 15 is 0 Å². The number of rotatable bonds is 5. The fraction of sp³-hybridized carbons (Fsp3) is 0.524. The van der Waals surface area contributed by atoms with E-state index in [-0.39, 0.29) is 12.1 Å². The van der Waals surface area contributed by atoms with Crippen LogP contribution in [-0.2, 0) is 0 Å². The Hall–Kier alpha value is -1.88. The summed E-state index contributed by atoms with van der Waals surface area (Å²) < 4.78 is 2.51. The van der Waals surface area contributed by atoms with Crippen LogP contribution in [0.5, 0.6) is 0 Å². The van der Waals surface area contributed by atoms with Crippen LogP contribution in [0.4, 0.5) is 0 Å². The van der Waals surface area contributed by atoms with Gasteiger partial charge in [0, 0.05) is 30.7 Å². The quantitative estimate of drug-likeness (QED) is 0.780. The first-order valence-electron chi connectivity index (χ1n) is 9.80. The van der Waals surface area contributed by atoms with Crippen LogP contribution in [0.15, 0.2) is 42.7 Å². The molecule has 4 nitrogen and oxygen atoms in total. The molecule has 1 aliphatic heterocycles. The van der Waals surface area contributed by atoms with Crippen molar-refractivity contribution < 1.29 is 0 Å². The minimum Gasteiger partial charge on any atom is -0.352 e. The fourth-order valence-corrected chi connectivity index (χ4v) is 4.80. The first-order chi connectivity index (χ1) is 12.6. The molecule has 0 amide bonds. The Morgan fingerprint density at radius 1 is 1.19 bits per heavy atom. The third-order valence-corrected chi connectivity index (χ3v) is 5.94. The van der Waals surface area contributed by atoms with E-state index in [2.05, 4.69) is 64.1 Å². The fourth-order valence-electron chi connectivity index (χ4n) is 4.49. The Morgan fingerprint density at radius 2 is 2.00 bits per heavy atom. The summed E-state index contributed by atoms with van der Waals surface area (Å²) in [4.78, 5) is 7.01. The molecule has 2 aromatic rings. The molecular formula is C21H28N4S. The molecule has 26 heavy (non-hydrogen) atoms. The average molecular weight is 369 g/mol. The van der Waals surface area contributed by atoms with Crippen molar-refractivity contribution in [2.45, 2.75) is 57.7 Å². The maximum Gasteiger partial charge on any atom is 0.170 e. The predicted molar refractivity (Wildman–Crippen MR) is 109 cm³/mol. The number of thiocarbonyl (C=S) groups is 1. The lowest BCUT2D eigenvalue weighted by Gasteiger charge is -2.31. The van der Waals surface area contributed by atoms with Crippen molar-refractivity contribution in [3.63, 3.8) is 0 Å². The number of hydrogen-bond donors (Lipinski definition) is 1. The maximum absolute atomic E-state index is 5.74. The van der Waals surface area contributed by atoms with Gasteiger partial charge in [-0.1, -0.05) is 32.8 Å². The highest BCUT2D eigenvalue weighted by atomic mass is 32.1. The highest BCUT2D eigenvalue weighted by Gasteiger charge is 2.41. The molecule has 1 aliphatic carbocycles. The first-order valence-corrected chi connectivity index (χ1v) is 10.2. The molecule has 0 bridgehead atoms. The van der Waals surface area contributed by atoms with Crippen molar-refractivity contribution in [2.24, 2.45) is 5.92 Å². The van der Waals surface area contributed by atoms with E-state index in [0.717, 1.165) is 17.4 Å². The molecule has 0 spiro atoms. The van der Waals surface area contributed by atoms with Gasteiger partial charge < -0.3 is 14.8 Å². The van der Waals surface area contributed by atoms with Gasteiger partial charge in [0.05, 0.1) is 17.8 Å². The highest BCUT2D eigenvalue weighted by Crippen LogP contribution is 2.41. The van der Waals surface area contributed by atoms with Gasteiger partial charge in [0.2, 0.25) is 0 Å². The summed E-state index contributed by atoms with van der Waals surface area (Å²) >= 11 is 5.74.